The SMILES string of the molecule is CC(Oc1ccc(CC2SC(=O)NC2=O)cc1)c1nc2ccc(Oc3ccc(O)cc3C(C)(C)C)cc2[nH]1.Cl. The number of benzene rings is 3. The van der Waals surface area contributed by atoms with Gasteiger partial charge in [0.25, 0.3) is 5.24 Å². The zero-order valence-electron chi connectivity index (χ0n) is 22.0. The third kappa shape index (κ3) is 6.49. The van der Waals surface area contributed by atoms with E-state index >= 15 is 0 Å². The Balaban J connectivity index is 0.00000353. The van der Waals surface area contributed by atoms with E-state index in [0.717, 1.165) is 33.9 Å². The predicted molar refractivity (Wildman–Crippen MR) is 154 cm³/mol. The molecular weight excluding hydrogens is 538 g/mol. The molecule has 0 spiro atoms. The number of halogens is 1. The molecule has 39 heavy (non-hydrogen) atoms. The molecule has 1 fully saturated rings. The minimum absolute atomic E-state index is 0. The molecule has 3 aromatic carbocycles. The number of ether oxygens (including phenoxy) is 2. The average Bonchev–Trinajstić information content (AvgIpc) is 3.42. The van der Waals surface area contributed by atoms with Gasteiger partial charge in [-0.3, -0.25) is 14.9 Å². The second kappa shape index (κ2) is 11.2. The van der Waals surface area contributed by atoms with Crippen LogP contribution in [0.2, 0.25) is 0 Å². The van der Waals surface area contributed by atoms with E-state index in [0.29, 0.717) is 29.5 Å². The van der Waals surface area contributed by atoms with Gasteiger partial charge in [0.15, 0.2) is 6.10 Å². The molecule has 10 heteroatoms. The Labute approximate surface area is 236 Å². The van der Waals surface area contributed by atoms with Gasteiger partial charge in [0, 0.05) is 11.6 Å². The number of rotatable bonds is 7. The Morgan fingerprint density at radius 3 is 2.41 bits per heavy atom. The summed E-state index contributed by atoms with van der Waals surface area (Å²) in [6, 6.07) is 18.3. The van der Waals surface area contributed by atoms with Crippen molar-refractivity contribution in [1.82, 2.24) is 15.3 Å². The molecule has 0 bridgehead atoms. The number of hydrogen-bond donors (Lipinski definition) is 3. The summed E-state index contributed by atoms with van der Waals surface area (Å²) in [6.45, 7) is 8.13. The first-order valence-corrected chi connectivity index (χ1v) is 13.2. The average molecular weight is 568 g/mol. The Morgan fingerprint density at radius 1 is 1.03 bits per heavy atom. The number of H-pyrrole nitrogens is 1. The summed E-state index contributed by atoms with van der Waals surface area (Å²) >= 11 is 1.02. The Bertz CT molecular complexity index is 1510. The summed E-state index contributed by atoms with van der Waals surface area (Å²) in [5, 5.41) is 11.6. The van der Waals surface area contributed by atoms with Crippen LogP contribution >= 0.6 is 24.2 Å². The molecule has 2 unspecified atom stereocenters. The van der Waals surface area contributed by atoms with Crippen molar-refractivity contribution in [3.05, 3.63) is 77.6 Å². The quantitative estimate of drug-likeness (QED) is 0.225. The highest BCUT2D eigenvalue weighted by atomic mass is 35.5. The van der Waals surface area contributed by atoms with Crippen molar-refractivity contribution in [2.24, 2.45) is 0 Å². The highest BCUT2D eigenvalue weighted by Crippen LogP contribution is 2.37. The molecule has 2 amide bonds. The number of carbonyl (C=O) groups is 2. The molecule has 0 aliphatic carbocycles. The van der Waals surface area contributed by atoms with E-state index in [1.54, 1.807) is 18.2 Å². The van der Waals surface area contributed by atoms with Crippen LogP contribution in [-0.2, 0) is 16.6 Å². The lowest BCUT2D eigenvalue weighted by atomic mass is 9.86. The van der Waals surface area contributed by atoms with Gasteiger partial charge in [-0.2, -0.15) is 0 Å². The molecule has 0 radical (unpaired) electrons. The van der Waals surface area contributed by atoms with Crippen LogP contribution in [0.25, 0.3) is 11.0 Å². The number of thioether (sulfide) groups is 1. The van der Waals surface area contributed by atoms with E-state index in [4.69, 9.17) is 9.47 Å². The number of imide groups is 1. The van der Waals surface area contributed by atoms with Crippen molar-refractivity contribution >= 4 is 46.3 Å². The number of aromatic amines is 1. The monoisotopic (exact) mass is 567 g/mol. The summed E-state index contributed by atoms with van der Waals surface area (Å²) in [6.07, 6.45) is 0.143. The van der Waals surface area contributed by atoms with Gasteiger partial charge in [-0.25, -0.2) is 4.98 Å². The maximum atomic E-state index is 11.8. The number of imidazole rings is 1. The van der Waals surface area contributed by atoms with Gasteiger partial charge in [-0.05, 0) is 66.8 Å². The fourth-order valence-corrected chi connectivity index (χ4v) is 5.15. The van der Waals surface area contributed by atoms with Crippen LogP contribution in [0.3, 0.4) is 0 Å². The van der Waals surface area contributed by atoms with Gasteiger partial charge in [-0.15, -0.1) is 12.4 Å². The number of phenolic OH excluding ortho intramolecular Hbond substituents is 1. The van der Waals surface area contributed by atoms with Crippen LogP contribution in [0.15, 0.2) is 60.7 Å². The zero-order chi connectivity index (χ0) is 27.0. The van der Waals surface area contributed by atoms with Gasteiger partial charge in [0.2, 0.25) is 5.91 Å². The maximum absolute atomic E-state index is 11.8. The lowest BCUT2D eigenvalue weighted by molar-refractivity contribution is -0.118. The molecule has 1 aliphatic rings. The van der Waals surface area contributed by atoms with E-state index < -0.39 is 5.25 Å². The number of nitrogens with zero attached hydrogens (tertiary/aromatic N) is 1. The smallest absolute Gasteiger partial charge is 0.286 e. The number of hydrogen-bond acceptors (Lipinski definition) is 7. The lowest BCUT2D eigenvalue weighted by Gasteiger charge is -2.22. The number of nitrogens with one attached hydrogen (secondary N) is 2. The van der Waals surface area contributed by atoms with E-state index in [2.05, 4.69) is 36.1 Å². The van der Waals surface area contributed by atoms with Gasteiger partial charge in [-0.1, -0.05) is 44.7 Å². The maximum Gasteiger partial charge on any atom is 0.286 e. The summed E-state index contributed by atoms with van der Waals surface area (Å²) in [4.78, 5) is 31.2. The number of amides is 2. The van der Waals surface area contributed by atoms with Gasteiger partial charge < -0.3 is 19.6 Å². The largest absolute Gasteiger partial charge is 0.508 e. The number of carbonyl (C=O) groups excluding carboxylic acids is 2. The van der Waals surface area contributed by atoms with Crippen molar-refractivity contribution < 1.29 is 24.2 Å². The van der Waals surface area contributed by atoms with Gasteiger partial charge in [0.1, 0.15) is 28.8 Å². The molecule has 2 atom stereocenters. The van der Waals surface area contributed by atoms with Crippen LogP contribution in [0.1, 0.15) is 50.8 Å². The van der Waals surface area contributed by atoms with Gasteiger partial charge >= 0.3 is 0 Å². The lowest BCUT2D eigenvalue weighted by Crippen LogP contribution is -2.25. The number of aromatic hydroxyl groups is 1. The topological polar surface area (TPSA) is 114 Å². The van der Waals surface area contributed by atoms with Crippen LogP contribution in [0, 0.1) is 0 Å². The Morgan fingerprint density at radius 2 is 1.74 bits per heavy atom. The standard InChI is InChI=1S/C29H29N3O5S.ClH/c1-16(36-19-8-5-17(6-9-19)13-25-27(34)32-28(35)38-25)26-30-22-11-10-20(15-23(22)31-26)37-24-12-7-18(33)14-21(24)29(2,3)4;/h5-12,14-16,25,33H,13H2,1-4H3,(H,30,31)(H,32,34,35);1H. The number of phenols is 1. The summed E-state index contributed by atoms with van der Waals surface area (Å²) in [5.74, 6) is 2.66. The normalized spacial score (nSPS) is 16.1. The second-order valence-corrected chi connectivity index (χ2v) is 11.5. The number of aromatic nitrogens is 2. The van der Waals surface area contributed by atoms with E-state index in [1.165, 1.54) is 0 Å². The second-order valence-electron chi connectivity index (χ2n) is 10.3. The minimum atomic E-state index is -0.397. The first-order valence-electron chi connectivity index (χ1n) is 12.3. The first-order chi connectivity index (χ1) is 18.0. The van der Waals surface area contributed by atoms with Crippen LogP contribution in [-0.4, -0.2) is 31.5 Å². The molecule has 1 aromatic heterocycles. The highest BCUT2D eigenvalue weighted by Gasteiger charge is 2.31. The van der Waals surface area contributed by atoms with Crippen molar-refractivity contribution in [1.29, 1.82) is 0 Å². The fourth-order valence-electron chi connectivity index (χ4n) is 4.29. The fraction of sp³-hybridized carbons (Fsp3) is 0.276. The highest BCUT2D eigenvalue weighted by molar-refractivity contribution is 8.15. The third-order valence-electron chi connectivity index (χ3n) is 6.28. The molecule has 3 N–H and O–H groups in total. The molecule has 8 nitrogen and oxygen atoms in total. The molecule has 4 aromatic rings. The Hall–Kier alpha value is -3.69. The summed E-state index contributed by atoms with van der Waals surface area (Å²) < 4.78 is 12.3. The Kier molecular flexibility index (Phi) is 8.13. The van der Waals surface area contributed by atoms with E-state index in [-0.39, 0.29) is 40.8 Å². The van der Waals surface area contributed by atoms with Crippen LogP contribution in [0.5, 0.6) is 23.0 Å². The molecular formula is C29H30ClN3O5S. The molecule has 1 saturated heterocycles. The van der Waals surface area contributed by atoms with Crippen molar-refractivity contribution in [3.8, 4) is 23.0 Å². The molecule has 204 valence electrons. The summed E-state index contributed by atoms with van der Waals surface area (Å²) in [5.41, 5.74) is 3.28. The van der Waals surface area contributed by atoms with Gasteiger partial charge in [0.05, 0.1) is 16.3 Å². The van der Waals surface area contributed by atoms with Crippen molar-refractivity contribution in [2.75, 3.05) is 0 Å². The van der Waals surface area contributed by atoms with E-state index in [1.807, 2.05) is 49.4 Å². The molecule has 0 saturated carbocycles. The van der Waals surface area contributed by atoms with Crippen molar-refractivity contribution in [3.63, 3.8) is 0 Å². The molecule has 1 aliphatic heterocycles. The van der Waals surface area contributed by atoms with E-state index in [9.17, 15) is 14.7 Å². The predicted octanol–water partition coefficient (Wildman–Crippen LogP) is 6.81. The number of fused-ring (bicyclic) bond motifs is 1. The first kappa shape index (κ1) is 28.3. The third-order valence-corrected chi connectivity index (χ3v) is 7.26. The van der Waals surface area contributed by atoms with Crippen molar-refractivity contribution in [2.45, 2.75) is 50.9 Å². The molecule has 5 rings (SSSR count). The molecule has 2 heterocycles. The zero-order valence-corrected chi connectivity index (χ0v) is 23.6. The summed E-state index contributed by atoms with van der Waals surface area (Å²) in [7, 11) is 0. The van der Waals surface area contributed by atoms with Crippen LogP contribution in [0.4, 0.5) is 4.79 Å². The minimum Gasteiger partial charge on any atom is -0.508 e. The van der Waals surface area contributed by atoms with Crippen LogP contribution < -0.4 is 14.8 Å².